The zero-order valence-electron chi connectivity index (χ0n) is 9.81. The monoisotopic (exact) mass is 228 g/mol. The molecular formula is C12H17ClO2. The van der Waals surface area contributed by atoms with E-state index in [1.54, 1.807) is 21.0 Å². The fourth-order valence-corrected chi connectivity index (χ4v) is 2.11. The molecule has 0 heterocycles. The maximum atomic E-state index is 10.1. The summed E-state index contributed by atoms with van der Waals surface area (Å²) in [6.45, 7) is 7.29. The van der Waals surface area contributed by atoms with Crippen LogP contribution in [0.5, 0.6) is 5.75 Å². The molecule has 1 aromatic rings. The van der Waals surface area contributed by atoms with E-state index in [-0.39, 0.29) is 0 Å². The lowest BCUT2D eigenvalue weighted by atomic mass is 9.91. The molecule has 0 atom stereocenters. The van der Waals surface area contributed by atoms with Crippen LogP contribution >= 0.6 is 11.6 Å². The third kappa shape index (κ3) is 2.27. The highest BCUT2D eigenvalue weighted by Gasteiger charge is 2.25. The number of hydrogen-bond acceptors (Lipinski definition) is 2. The van der Waals surface area contributed by atoms with E-state index in [0.717, 1.165) is 16.7 Å². The summed E-state index contributed by atoms with van der Waals surface area (Å²) in [6.07, 6.45) is 0. The highest BCUT2D eigenvalue weighted by molar-refractivity contribution is 6.31. The second-order valence-electron chi connectivity index (χ2n) is 4.27. The zero-order valence-corrected chi connectivity index (χ0v) is 10.6. The van der Waals surface area contributed by atoms with Crippen LogP contribution in [-0.2, 0) is 5.60 Å². The molecule has 0 aromatic heterocycles. The number of rotatable bonds is 2. The van der Waals surface area contributed by atoms with Crippen molar-refractivity contribution >= 4 is 11.6 Å². The van der Waals surface area contributed by atoms with Gasteiger partial charge in [-0.3, -0.25) is 0 Å². The predicted octanol–water partition coefficient (Wildman–Crippen LogP) is 3.19. The molecule has 1 N–H and O–H groups in total. The third-order valence-electron chi connectivity index (χ3n) is 2.48. The van der Waals surface area contributed by atoms with Crippen LogP contribution in [0.1, 0.15) is 30.5 Å². The second kappa shape index (κ2) is 4.03. The van der Waals surface area contributed by atoms with E-state index in [0.29, 0.717) is 10.8 Å². The summed E-state index contributed by atoms with van der Waals surface area (Å²) in [7, 11) is 1.59. The van der Waals surface area contributed by atoms with Gasteiger partial charge in [0.2, 0.25) is 0 Å². The maximum absolute atomic E-state index is 10.1. The number of aryl methyl sites for hydroxylation is 1. The molecule has 0 fully saturated rings. The standard InChI is InChI=1S/C12H17ClO2/c1-7-6-9(13)8(2)11(15-5)10(7)12(3,4)14/h6,14H,1-5H3. The average Bonchev–Trinajstić information content (AvgIpc) is 2.08. The Morgan fingerprint density at radius 2 is 1.87 bits per heavy atom. The normalized spacial score (nSPS) is 11.7. The molecule has 15 heavy (non-hydrogen) atoms. The Kier molecular flexibility index (Phi) is 3.31. The quantitative estimate of drug-likeness (QED) is 0.843. The van der Waals surface area contributed by atoms with E-state index >= 15 is 0 Å². The van der Waals surface area contributed by atoms with E-state index in [1.807, 2.05) is 19.9 Å². The lowest BCUT2D eigenvalue weighted by Crippen LogP contribution is -2.19. The first-order chi connectivity index (χ1) is 6.79. The molecule has 0 aliphatic heterocycles. The molecular weight excluding hydrogens is 212 g/mol. The van der Waals surface area contributed by atoms with Crippen molar-refractivity contribution in [1.29, 1.82) is 0 Å². The molecule has 1 aromatic carbocycles. The van der Waals surface area contributed by atoms with Gasteiger partial charge in [-0.1, -0.05) is 11.6 Å². The van der Waals surface area contributed by atoms with Gasteiger partial charge in [0, 0.05) is 16.1 Å². The lowest BCUT2D eigenvalue weighted by molar-refractivity contribution is 0.0748. The topological polar surface area (TPSA) is 29.5 Å². The van der Waals surface area contributed by atoms with Crippen molar-refractivity contribution in [2.24, 2.45) is 0 Å². The van der Waals surface area contributed by atoms with Crippen molar-refractivity contribution in [2.45, 2.75) is 33.3 Å². The summed E-state index contributed by atoms with van der Waals surface area (Å²) in [5, 5.41) is 10.7. The first kappa shape index (κ1) is 12.3. The van der Waals surface area contributed by atoms with Crippen LogP contribution in [-0.4, -0.2) is 12.2 Å². The second-order valence-corrected chi connectivity index (χ2v) is 4.67. The van der Waals surface area contributed by atoms with Crippen LogP contribution in [0.25, 0.3) is 0 Å². The first-order valence-corrected chi connectivity index (χ1v) is 5.23. The van der Waals surface area contributed by atoms with Gasteiger partial charge in [0.25, 0.3) is 0 Å². The molecule has 0 saturated heterocycles. The van der Waals surface area contributed by atoms with E-state index in [1.165, 1.54) is 0 Å². The van der Waals surface area contributed by atoms with Crippen LogP contribution < -0.4 is 4.74 Å². The molecule has 0 bridgehead atoms. The van der Waals surface area contributed by atoms with Crippen molar-refractivity contribution in [3.63, 3.8) is 0 Å². The Morgan fingerprint density at radius 1 is 1.33 bits per heavy atom. The molecule has 0 radical (unpaired) electrons. The van der Waals surface area contributed by atoms with Gasteiger partial charge < -0.3 is 9.84 Å². The minimum Gasteiger partial charge on any atom is -0.496 e. The van der Waals surface area contributed by atoms with Crippen LogP contribution in [0.2, 0.25) is 5.02 Å². The SMILES string of the molecule is COc1c(C)c(Cl)cc(C)c1C(C)(C)O. The van der Waals surface area contributed by atoms with Crippen LogP contribution in [0.4, 0.5) is 0 Å². The first-order valence-electron chi connectivity index (χ1n) is 4.85. The zero-order chi connectivity index (χ0) is 11.8. The summed E-state index contributed by atoms with van der Waals surface area (Å²) in [5.41, 5.74) is 1.67. The molecule has 1 rings (SSSR count). The van der Waals surface area contributed by atoms with Crippen LogP contribution in [0.3, 0.4) is 0 Å². The number of halogens is 1. The van der Waals surface area contributed by atoms with Crippen molar-refractivity contribution in [3.8, 4) is 5.75 Å². The van der Waals surface area contributed by atoms with E-state index in [2.05, 4.69) is 0 Å². The van der Waals surface area contributed by atoms with Gasteiger partial charge in [-0.25, -0.2) is 0 Å². The van der Waals surface area contributed by atoms with Gasteiger partial charge in [0.1, 0.15) is 5.75 Å². The average molecular weight is 229 g/mol. The largest absolute Gasteiger partial charge is 0.496 e. The number of hydrogen-bond donors (Lipinski definition) is 1. The van der Waals surface area contributed by atoms with Crippen molar-refractivity contribution in [3.05, 3.63) is 27.8 Å². The summed E-state index contributed by atoms with van der Waals surface area (Å²) in [6, 6.07) is 1.85. The lowest BCUT2D eigenvalue weighted by Gasteiger charge is -2.25. The van der Waals surface area contributed by atoms with E-state index in [9.17, 15) is 5.11 Å². The summed E-state index contributed by atoms with van der Waals surface area (Å²) >= 11 is 6.06. The Morgan fingerprint density at radius 3 is 2.27 bits per heavy atom. The summed E-state index contributed by atoms with van der Waals surface area (Å²) in [4.78, 5) is 0. The number of benzene rings is 1. The molecule has 0 aliphatic carbocycles. The number of ether oxygens (including phenoxy) is 1. The fraction of sp³-hybridized carbons (Fsp3) is 0.500. The van der Waals surface area contributed by atoms with E-state index < -0.39 is 5.60 Å². The molecule has 2 nitrogen and oxygen atoms in total. The highest BCUT2D eigenvalue weighted by atomic mass is 35.5. The molecule has 0 aliphatic rings. The Bertz CT molecular complexity index is 378. The van der Waals surface area contributed by atoms with Crippen molar-refractivity contribution in [2.75, 3.05) is 7.11 Å². The molecule has 0 amide bonds. The summed E-state index contributed by atoms with van der Waals surface area (Å²) in [5.74, 6) is 0.674. The van der Waals surface area contributed by atoms with Crippen molar-refractivity contribution < 1.29 is 9.84 Å². The summed E-state index contributed by atoms with van der Waals surface area (Å²) < 4.78 is 5.32. The van der Waals surface area contributed by atoms with Gasteiger partial charge in [0.15, 0.2) is 0 Å². The van der Waals surface area contributed by atoms with Gasteiger partial charge in [0.05, 0.1) is 12.7 Å². The minimum atomic E-state index is -0.926. The van der Waals surface area contributed by atoms with Gasteiger partial charge >= 0.3 is 0 Å². The molecule has 0 unspecified atom stereocenters. The molecule has 0 saturated carbocycles. The molecule has 3 heteroatoms. The Hall–Kier alpha value is -0.730. The van der Waals surface area contributed by atoms with Gasteiger partial charge in [-0.05, 0) is 39.3 Å². The smallest absolute Gasteiger partial charge is 0.129 e. The number of aliphatic hydroxyl groups is 1. The highest BCUT2D eigenvalue weighted by Crippen LogP contribution is 2.38. The Balaban J connectivity index is 3.57. The number of methoxy groups -OCH3 is 1. The predicted molar refractivity (Wildman–Crippen MR) is 62.7 cm³/mol. The van der Waals surface area contributed by atoms with E-state index in [4.69, 9.17) is 16.3 Å². The third-order valence-corrected chi connectivity index (χ3v) is 2.87. The van der Waals surface area contributed by atoms with Crippen molar-refractivity contribution in [1.82, 2.24) is 0 Å². The minimum absolute atomic E-state index is 0.664. The Labute approximate surface area is 95.8 Å². The van der Waals surface area contributed by atoms with Crippen LogP contribution in [0.15, 0.2) is 6.07 Å². The van der Waals surface area contributed by atoms with Gasteiger partial charge in [-0.2, -0.15) is 0 Å². The van der Waals surface area contributed by atoms with Gasteiger partial charge in [-0.15, -0.1) is 0 Å². The van der Waals surface area contributed by atoms with Crippen LogP contribution in [0, 0.1) is 13.8 Å². The molecule has 84 valence electrons. The fourth-order valence-electron chi connectivity index (χ4n) is 1.86. The maximum Gasteiger partial charge on any atom is 0.129 e. The molecule has 0 spiro atoms.